The van der Waals surface area contributed by atoms with E-state index in [-0.39, 0.29) is 0 Å². The van der Waals surface area contributed by atoms with E-state index in [2.05, 4.69) is 11.6 Å². The molecule has 1 aromatic rings. The molecule has 1 heterocycles. The minimum Gasteiger partial charge on any atom is -0.383 e. The second-order valence-electron chi connectivity index (χ2n) is 3.09. The SMILES string of the molecule is C=C(C)c1cnc(N)c(C)c1C. The van der Waals surface area contributed by atoms with E-state index in [0.717, 1.165) is 16.7 Å². The Hall–Kier alpha value is -1.31. The largest absolute Gasteiger partial charge is 0.383 e. The zero-order valence-electron chi connectivity index (χ0n) is 7.81. The van der Waals surface area contributed by atoms with Gasteiger partial charge in [0.1, 0.15) is 5.82 Å². The summed E-state index contributed by atoms with van der Waals surface area (Å²) in [4.78, 5) is 4.08. The third-order valence-corrected chi connectivity index (χ3v) is 2.14. The molecule has 1 rings (SSSR count). The van der Waals surface area contributed by atoms with E-state index in [9.17, 15) is 0 Å². The molecule has 2 heteroatoms. The van der Waals surface area contributed by atoms with Crippen LogP contribution < -0.4 is 5.73 Å². The second kappa shape index (κ2) is 2.97. The van der Waals surface area contributed by atoms with Gasteiger partial charge in [-0.3, -0.25) is 0 Å². The van der Waals surface area contributed by atoms with Crippen molar-refractivity contribution in [3.63, 3.8) is 0 Å². The fourth-order valence-corrected chi connectivity index (χ4v) is 1.15. The van der Waals surface area contributed by atoms with Gasteiger partial charge in [-0.05, 0) is 43.0 Å². The quantitative estimate of drug-likeness (QED) is 0.688. The van der Waals surface area contributed by atoms with E-state index in [1.807, 2.05) is 20.8 Å². The zero-order valence-corrected chi connectivity index (χ0v) is 7.81. The summed E-state index contributed by atoms with van der Waals surface area (Å²) < 4.78 is 0. The van der Waals surface area contributed by atoms with Crippen LogP contribution in [0.15, 0.2) is 12.8 Å². The monoisotopic (exact) mass is 162 g/mol. The van der Waals surface area contributed by atoms with Gasteiger partial charge in [0.25, 0.3) is 0 Å². The lowest BCUT2D eigenvalue weighted by Crippen LogP contribution is -1.99. The first-order valence-corrected chi connectivity index (χ1v) is 3.91. The molecule has 0 amide bonds. The van der Waals surface area contributed by atoms with Crippen molar-refractivity contribution < 1.29 is 0 Å². The van der Waals surface area contributed by atoms with E-state index in [1.54, 1.807) is 6.20 Å². The molecule has 12 heavy (non-hydrogen) atoms. The topological polar surface area (TPSA) is 38.9 Å². The molecule has 0 aliphatic heterocycles. The maximum absolute atomic E-state index is 5.65. The molecular weight excluding hydrogens is 148 g/mol. The molecule has 0 fully saturated rings. The molecule has 2 N–H and O–H groups in total. The summed E-state index contributed by atoms with van der Waals surface area (Å²) in [5.74, 6) is 0.609. The lowest BCUT2D eigenvalue weighted by Gasteiger charge is -2.08. The van der Waals surface area contributed by atoms with Gasteiger partial charge in [-0.2, -0.15) is 0 Å². The average Bonchev–Trinajstić information content (AvgIpc) is 2.00. The summed E-state index contributed by atoms with van der Waals surface area (Å²) in [5.41, 5.74) is 10.0. The molecule has 0 saturated carbocycles. The number of hydrogen-bond acceptors (Lipinski definition) is 2. The highest BCUT2D eigenvalue weighted by Crippen LogP contribution is 2.21. The minimum atomic E-state index is 0.609. The van der Waals surface area contributed by atoms with Crippen LogP contribution in [-0.2, 0) is 0 Å². The number of anilines is 1. The van der Waals surface area contributed by atoms with Gasteiger partial charge in [0.15, 0.2) is 0 Å². The standard InChI is InChI=1S/C10H14N2/c1-6(2)9-5-12-10(11)8(4)7(9)3/h5H,1H2,2-4H3,(H2,11,12). The van der Waals surface area contributed by atoms with Gasteiger partial charge in [-0.25, -0.2) is 4.98 Å². The molecule has 1 aromatic heterocycles. The molecule has 0 spiro atoms. The summed E-state index contributed by atoms with van der Waals surface area (Å²) in [6.45, 7) is 9.86. The number of nitrogen functional groups attached to an aromatic ring is 1. The molecule has 0 saturated heterocycles. The van der Waals surface area contributed by atoms with Gasteiger partial charge < -0.3 is 5.73 Å². The Morgan fingerprint density at radius 2 is 2.00 bits per heavy atom. The van der Waals surface area contributed by atoms with Crippen molar-refractivity contribution in [1.29, 1.82) is 0 Å². The van der Waals surface area contributed by atoms with Crippen molar-refractivity contribution >= 4 is 11.4 Å². The van der Waals surface area contributed by atoms with Crippen LogP contribution in [0.2, 0.25) is 0 Å². The highest BCUT2D eigenvalue weighted by Gasteiger charge is 2.04. The van der Waals surface area contributed by atoms with Crippen molar-refractivity contribution in [1.82, 2.24) is 4.98 Å². The third-order valence-electron chi connectivity index (χ3n) is 2.14. The second-order valence-corrected chi connectivity index (χ2v) is 3.09. The normalized spacial score (nSPS) is 9.92. The van der Waals surface area contributed by atoms with Gasteiger partial charge in [-0.1, -0.05) is 6.58 Å². The van der Waals surface area contributed by atoms with Gasteiger partial charge in [-0.15, -0.1) is 0 Å². The summed E-state index contributed by atoms with van der Waals surface area (Å²) in [5, 5.41) is 0. The lowest BCUT2D eigenvalue weighted by atomic mass is 10.0. The van der Waals surface area contributed by atoms with Crippen molar-refractivity contribution in [2.75, 3.05) is 5.73 Å². The van der Waals surface area contributed by atoms with Crippen LogP contribution in [0, 0.1) is 13.8 Å². The first-order valence-electron chi connectivity index (χ1n) is 3.91. The smallest absolute Gasteiger partial charge is 0.126 e. The summed E-state index contributed by atoms with van der Waals surface area (Å²) in [7, 11) is 0. The summed E-state index contributed by atoms with van der Waals surface area (Å²) in [6.07, 6.45) is 1.78. The Morgan fingerprint density at radius 1 is 1.42 bits per heavy atom. The molecule has 0 atom stereocenters. The van der Waals surface area contributed by atoms with Crippen LogP contribution in [0.5, 0.6) is 0 Å². The van der Waals surface area contributed by atoms with Gasteiger partial charge >= 0.3 is 0 Å². The Balaban J connectivity index is 3.36. The number of allylic oxidation sites excluding steroid dienone is 1. The van der Waals surface area contributed by atoms with Crippen LogP contribution in [0.25, 0.3) is 5.57 Å². The van der Waals surface area contributed by atoms with Crippen LogP contribution in [0.1, 0.15) is 23.6 Å². The third kappa shape index (κ3) is 1.33. The fourth-order valence-electron chi connectivity index (χ4n) is 1.15. The molecular formula is C10H14N2. The number of nitrogens with two attached hydrogens (primary N) is 1. The number of rotatable bonds is 1. The number of pyridine rings is 1. The van der Waals surface area contributed by atoms with E-state index < -0.39 is 0 Å². The predicted molar refractivity (Wildman–Crippen MR) is 52.8 cm³/mol. The van der Waals surface area contributed by atoms with Gasteiger partial charge in [0.2, 0.25) is 0 Å². The molecule has 0 radical (unpaired) electrons. The van der Waals surface area contributed by atoms with E-state index in [0.29, 0.717) is 5.82 Å². The molecule has 0 unspecified atom stereocenters. The molecule has 0 aliphatic rings. The lowest BCUT2D eigenvalue weighted by molar-refractivity contribution is 1.20. The van der Waals surface area contributed by atoms with Crippen LogP contribution >= 0.6 is 0 Å². The fraction of sp³-hybridized carbons (Fsp3) is 0.300. The van der Waals surface area contributed by atoms with Crippen LogP contribution in [-0.4, -0.2) is 4.98 Å². The van der Waals surface area contributed by atoms with Crippen molar-refractivity contribution in [2.45, 2.75) is 20.8 Å². The first-order chi connectivity index (χ1) is 5.54. The van der Waals surface area contributed by atoms with Crippen molar-refractivity contribution in [2.24, 2.45) is 0 Å². The highest BCUT2D eigenvalue weighted by atomic mass is 14.8. The number of nitrogens with zero attached hydrogens (tertiary/aromatic N) is 1. The Bertz CT molecular complexity index is 327. The maximum Gasteiger partial charge on any atom is 0.126 e. The Morgan fingerprint density at radius 3 is 2.50 bits per heavy atom. The predicted octanol–water partition coefficient (Wildman–Crippen LogP) is 2.31. The number of aromatic nitrogens is 1. The van der Waals surface area contributed by atoms with Crippen LogP contribution in [0.3, 0.4) is 0 Å². The zero-order chi connectivity index (χ0) is 9.30. The molecule has 2 nitrogen and oxygen atoms in total. The highest BCUT2D eigenvalue weighted by molar-refractivity contribution is 5.66. The van der Waals surface area contributed by atoms with E-state index >= 15 is 0 Å². The van der Waals surface area contributed by atoms with E-state index in [1.165, 1.54) is 5.56 Å². The minimum absolute atomic E-state index is 0.609. The number of hydrogen-bond donors (Lipinski definition) is 1. The molecule has 0 bridgehead atoms. The Labute approximate surface area is 73.1 Å². The van der Waals surface area contributed by atoms with E-state index in [4.69, 9.17) is 5.73 Å². The first kappa shape index (κ1) is 8.78. The van der Waals surface area contributed by atoms with Gasteiger partial charge in [0, 0.05) is 6.20 Å². The molecule has 0 aliphatic carbocycles. The average molecular weight is 162 g/mol. The summed E-state index contributed by atoms with van der Waals surface area (Å²) >= 11 is 0. The van der Waals surface area contributed by atoms with Gasteiger partial charge in [0.05, 0.1) is 0 Å². The van der Waals surface area contributed by atoms with Crippen molar-refractivity contribution in [3.8, 4) is 0 Å². The maximum atomic E-state index is 5.65. The molecule has 0 aromatic carbocycles. The molecule has 64 valence electrons. The van der Waals surface area contributed by atoms with Crippen LogP contribution in [0.4, 0.5) is 5.82 Å². The van der Waals surface area contributed by atoms with Crippen molar-refractivity contribution in [3.05, 3.63) is 29.5 Å². The Kier molecular flexibility index (Phi) is 2.18. The summed E-state index contributed by atoms with van der Waals surface area (Å²) in [6, 6.07) is 0.